The van der Waals surface area contributed by atoms with Gasteiger partial charge in [0.2, 0.25) is 0 Å². The predicted octanol–water partition coefficient (Wildman–Crippen LogP) is 2.79. The number of allylic oxidation sites excluding steroid dienone is 1. The molecule has 0 saturated carbocycles. The normalized spacial score (nSPS) is 13.0. The lowest BCUT2D eigenvalue weighted by Crippen LogP contribution is -1.97. The zero-order valence-electron chi connectivity index (χ0n) is 10.2. The van der Waals surface area contributed by atoms with Crippen LogP contribution in [0.15, 0.2) is 47.5 Å². The summed E-state index contributed by atoms with van der Waals surface area (Å²) in [6.45, 7) is 4.91. The molecule has 1 heterocycles. The van der Waals surface area contributed by atoms with Crippen molar-refractivity contribution in [3.63, 3.8) is 0 Å². The van der Waals surface area contributed by atoms with Gasteiger partial charge in [-0.2, -0.15) is 5.10 Å². The van der Waals surface area contributed by atoms with Crippen molar-refractivity contribution < 1.29 is 8.78 Å². The summed E-state index contributed by atoms with van der Waals surface area (Å²) in [4.78, 5) is 3.91. The first kappa shape index (κ1) is 12.9. The third-order valence-electron chi connectivity index (χ3n) is 2.58. The van der Waals surface area contributed by atoms with Crippen LogP contribution in [0.1, 0.15) is 12.6 Å². The number of aromatic amines is 1. The van der Waals surface area contributed by atoms with Crippen LogP contribution in [0.5, 0.6) is 0 Å². The number of fused-ring (bicyclic) bond motifs is 1. The lowest BCUT2D eigenvalue weighted by molar-refractivity contribution is 0.636. The predicted molar refractivity (Wildman–Crippen MR) is 70.8 cm³/mol. The highest BCUT2D eigenvalue weighted by Crippen LogP contribution is 2.19. The smallest absolute Gasteiger partial charge is 0.163 e. The Kier molecular flexibility index (Phi) is 3.41. The highest BCUT2D eigenvalue weighted by Gasteiger charge is 2.10. The quantitative estimate of drug-likeness (QED) is 0.659. The van der Waals surface area contributed by atoms with E-state index in [0.717, 1.165) is 6.20 Å². The highest BCUT2D eigenvalue weighted by atomic mass is 19.1. The number of nitrogens with zero attached hydrogens (tertiary/aromatic N) is 2. The molecular formula is C13H12F2N4. The minimum absolute atomic E-state index is 0.197. The van der Waals surface area contributed by atoms with Gasteiger partial charge in [-0.25, -0.2) is 8.78 Å². The fourth-order valence-electron chi connectivity index (χ4n) is 1.58. The van der Waals surface area contributed by atoms with Crippen molar-refractivity contribution in [3.8, 4) is 0 Å². The number of H-pyrrole nitrogens is 1. The second-order valence-electron chi connectivity index (χ2n) is 3.95. The first-order valence-corrected chi connectivity index (χ1v) is 5.48. The highest BCUT2D eigenvalue weighted by molar-refractivity contribution is 6.07. The van der Waals surface area contributed by atoms with E-state index in [1.165, 1.54) is 6.07 Å². The number of rotatable bonds is 3. The van der Waals surface area contributed by atoms with E-state index in [0.29, 0.717) is 16.8 Å². The Bertz CT molecular complexity index is 698. The number of para-hydroxylation sites is 1. The summed E-state index contributed by atoms with van der Waals surface area (Å²) in [5.74, 6) is -1.14. The second kappa shape index (κ2) is 5.01. The number of halogens is 2. The van der Waals surface area contributed by atoms with Crippen LogP contribution < -0.4 is 5.73 Å². The number of aromatic nitrogens is 2. The minimum atomic E-state index is -0.714. The standard InChI is InChI=1S/C13H12F2N4/c1-7(16)11(15)6-17-8(2)12-9-4-3-5-10(14)13(9)19-18-12/h3-6H,1,16H2,2H3,(H,18,19)/b11-6+,17-8?. The molecule has 0 unspecified atom stereocenters. The van der Waals surface area contributed by atoms with Gasteiger partial charge in [-0.05, 0) is 13.0 Å². The molecule has 0 aliphatic heterocycles. The van der Waals surface area contributed by atoms with Crippen molar-refractivity contribution in [2.45, 2.75) is 6.92 Å². The lowest BCUT2D eigenvalue weighted by Gasteiger charge is -1.97. The molecule has 3 N–H and O–H groups in total. The molecule has 6 heteroatoms. The first-order chi connectivity index (χ1) is 9.00. The molecule has 2 rings (SSSR count). The largest absolute Gasteiger partial charge is 0.397 e. The van der Waals surface area contributed by atoms with E-state index in [1.807, 2.05) is 0 Å². The van der Waals surface area contributed by atoms with Crippen molar-refractivity contribution in [1.82, 2.24) is 10.2 Å². The molecule has 0 aliphatic rings. The molecule has 0 bridgehead atoms. The molecule has 0 aliphatic carbocycles. The first-order valence-electron chi connectivity index (χ1n) is 5.48. The van der Waals surface area contributed by atoms with Gasteiger partial charge in [0.15, 0.2) is 11.6 Å². The Morgan fingerprint density at radius 3 is 2.95 bits per heavy atom. The van der Waals surface area contributed by atoms with E-state index in [1.54, 1.807) is 19.1 Å². The van der Waals surface area contributed by atoms with Crippen LogP contribution in [0.2, 0.25) is 0 Å². The van der Waals surface area contributed by atoms with Crippen LogP contribution in [0.3, 0.4) is 0 Å². The molecule has 2 aromatic rings. The maximum absolute atomic E-state index is 13.5. The zero-order chi connectivity index (χ0) is 14.0. The van der Waals surface area contributed by atoms with Gasteiger partial charge in [0, 0.05) is 5.39 Å². The van der Waals surface area contributed by atoms with Crippen LogP contribution in [-0.2, 0) is 0 Å². The molecule has 19 heavy (non-hydrogen) atoms. The Hall–Kier alpha value is -2.50. The van der Waals surface area contributed by atoms with Crippen LogP contribution in [0.25, 0.3) is 10.9 Å². The Balaban J connectivity index is 2.45. The second-order valence-corrected chi connectivity index (χ2v) is 3.95. The molecule has 4 nitrogen and oxygen atoms in total. The maximum atomic E-state index is 13.5. The molecule has 0 saturated heterocycles. The topological polar surface area (TPSA) is 67.1 Å². The maximum Gasteiger partial charge on any atom is 0.163 e. The Morgan fingerprint density at radius 1 is 1.53 bits per heavy atom. The fourth-order valence-corrected chi connectivity index (χ4v) is 1.58. The van der Waals surface area contributed by atoms with Gasteiger partial charge in [-0.3, -0.25) is 10.1 Å². The van der Waals surface area contributed by atoms with Crippen molar-refractivity contribution >= 4 is 16.6 Å². The third-order valence-corrected chi connectivity index (χ3v) is 2.58. The SMILES string of the molecule is C=C(N)/C(F)=C\N=C(C)c1[nH]nc2c(F)cccc12. The molecular weight excluding hydrogens is 250 g/mol. The zero-order valence-corrected chi connectivity index (χ0v) is 10.2. The van der Waals surface area contributed by atoms with Gasteiger partial charge in [0.05, 0.1) is 23.3 Å². The van der Waals surface area contributed by atoms with E-state index >= 15 is 0 Å². The van der Waals surface area contributed by atoms with Crippen LogP contribution in [0, 0.1) is 5.82 Å². The minimum Gasteiger partial charge on any atom is -0.397 e. The van der Waals surface area contributed by atoms with Gasteiger partial charge in [0.25, 0.3) is 0 Å². The molecule has 1 aromatic heterocycles. The summed E-state index contributed by atoms with van der Waals surface area (Å²) in [7, 11) is 0. The van der Waals surface area contributed by atoms with E-state index in [9.17, 15) is 8.78 Å². The number of aliphatic imine (C=N–C) groups is 1. The Labute approximate surface area is 108 Å². The Morgan fingerprint density at radius 2 is 2.26 bits per heavy atom. The van der Waals surface area contributed by atoms with E-state index in [-0.39, 0.29) is 11.2 Å². The summed E-state index contributed by atoms with van der Waals surface area (Å²) in [5, 5.41) is 7.13. The van der Waals surface area contributed by atoms with Crippen LogP contribution in [-0.4, -0.2) is 15.9 Å². The van der Waals surface area contributed by atoms with Crippen molar-refractivity contribution in [2.75, 3.05) is 0 Å². The molecule has 0 amide bonds. The number of hydrogen-bond acceptors (Lipinski definition) is 3. The van der Waals surface area contributed by atoms with Crippen molar-refractivity contribution in [2.24, 2.45) is 10.7 Å². The van der Waals surface area contributed by atoms with E-state index in [4.69, 9.17) is 5.73 Å². The van der Waals surface area contributed by atoms with Gasteiger partial charge in [-0.1, -0.05) is 18.7 Å². The monoisotopic (exact) mass is 262 g/mol. The molecule has 98 valence electrons. The molecule has 0 atom stereocenters. The summed E-state index contributed by atoms with van der Waals surface area (Å²) >= 11 is 0. The number of nitrogens with two attached hydrogens (primary N) is 1. The van der Waals surface area contributed by atoms with Gasteiger partial charge >= 0.3 is 0 Å². The average Bonchev–Trinajstić information content (AvgIpc) is 2.80. The van der Waals surface area contributed by atoms with Crippen LogP contribution in [0.4, 0.5) is 8.78 Å². The van der Waals surface area contributed by atoms with Crippen molar-refractivity contribution in [1.29, 1.82) is 0 Å². The lowest BCUT2D eigenvalue weighted by atomic mass is 10.1. The average molecular weight is 262 g/mol. The van der Waals surface area contributed by atoms with Gasteiger partial charge < -0.3 is 5.73 Å². The summed E-state index contributed by atoms with van der Waals surface area (Å²) < 4.78 is 26.6. The summed E-state index contributed by atoms with van der Waals surface area (Å²) in [6.07, 6.45) is 0.962. The van der Waals surface area contributed by atoms with E-state index in [2.05, 4.69) is 21.8 Å². The molecule has 1 aromatic carbocycles. The summed E-state index contributed by atoms with van der Waals surface area (Å²) in [5.41, 5.74) is 6.19. The number of nitrogens with one attached hydrogen (secondary N) is 1. The fraction of sp³-hybridized carbons (Fsp3) is 0.0769. The number of hydrogen-bond donors (Lipinski definition) is 2. The van der Waals surface area contributed by atoms with Crippen LogP contribution >= 0.6 is 0 Å². The van der Waals surface area contributed by atoms with E-state index < -0.39 is 11.6 Å². The molecule has 0 spiro atoms. The third kappa shape index (κ3) is 2.52. The van der Waals surface area contributed by atoms with Gasteiger partial charge in [-0.15, -0.1) is 0 Å². The number of benzene rings is 1. The van der Waals surface area contributed by atoms with Crippen molar-refractivity contribution in [3.05, 3.63) is 54.0 Å². The van der Waals surface area contributed by atoms with Gasteiger partial charge in [0.1, 0.15) is 5.52 Å². The summed E-state index contributed by atoms with van der Waals surface area (Å²) in [6, 6.07) is 4.59. The molecule has 0 radical (unpaired) electrons. The molecule has 0 fully saturated rings.